The van der Waals surface area contributed by atoms with Crippen molar-refractivity contribution in [3.05, 3.63) is 53.9 Å². The molecule has 0 N–H and O–H groups in total. The number of anilines is 1. The number of amides is 1. The molecule has 0 fully saturated rings. The van der Waals surface area contributed by atoms with Crippen LogP contribution in [0, 0.1) is 0 Å². The van der Waals surface area contributed by atoms with E-state index >= 15 is 0 Å². The Morgan fingerprint density at radius 1 is 1.24 bits per heavy atom. The highest BCUT2D eigenvalue weighted by atomic mass is 32.2. The van der Waals surface area contributed by atoms with Crippen LogP contribution in [0.3, 0.4) is 0 Å². The highest BCUT2D eigenvalue weighted by molar-refractivity contribution is 7.97. The molecule has 5 nitrogen and oxygen atoms in total. The normalized spacial score (nSPS) is 13.7. The predicted molar refractivity (Wildman–Crippen MR) is 111 cm³/mol. The van der Waals surface area contributed by atoms with Gasteiger partial charge in [0.2, 0.25) is 5.91 Å². The van der Waals surface area contributed by atoms with Gasteiger partial charge >= 0.3 is 6.61 Å². The summed E-state index contributed by atoms with van der Waals surface area (Å²) in [5.74, 6) is 1.38. The molecule has 1 aliphatic heterocycles. The fourth-order valence-electron chi connectivity index (χ4n) is 3.82. The van der Waals surface area contributed by atoms with Crippen LogP contribution in [0.2, 0.25) is 0 Å². The van der Waals surface area contributed by atoms with Crippen molar-refractivity contribution in [2.75, 3.05) is 17.7 Å². The summed E-state index contributed by atoms with van der Waals surface area (Å²) in [6.45, 7) is -2.37. The molecule has 0 saturated heterocycles. The van der Waals surface area contributed by atoms with Crippen LogP contribution >= 0.6 is 11.8 Å². The van der Waals surface area contributed by atoms with Crippen molar-refractivity contribution in [1.82, 2.24) is 9.55 Å². The first-order chi connectivity index (χ1) is 14.1. The molecule has 3 aromatic rings. The Morgan fingerprint density at radius 3 is 2.86 bits per heavy atom. The van der Waals surface area contributed by atoms with E-state index in [1.807, 2.05) is 41.2 Å². The quantitative estimate of drug-likeness (QED) is 0.593. The standard InChI is InChI=1S/C21H21F2N3O2S/c1-29-13-18-24-15-8-2-3-9-16(15)26(18)12-19(27)25-11-5-7-14-6-4-10-17(20(14)25)28-21(22)23/h2-4,6,8-10,21H,5,7,11-13H2,1H3. The number of alkyl halides is 2. The number of carbonyl (C=O) groups is 1. The summed E-state index contributed by atoms with van der Waals surface area (Å²) in [4.78, 5) is 19.5. The van der Waals surface area contributed by atoms with Crippen molar-refractivity contribution in [2.24, 2.45) is 0 Å². The number of fused-ring (bicyclic) bond motifs is 2. The minimum absolute atomic E-state index is 0.0466. The second-order valence-electron chi connectivity index (χ2n) is 6.83. The van der Waals surface area contributed by atoms with Crippen molar-refractivity contribution in [1.29, 1.82) is 0 Å². The number of aromatic nitrogens is 2. The Labute approximate surface area is 171 Å². The zero-order chi connectivity index (χ0) is 20.4. The summed E-state index contributed by atoms with van der Waals surface area (Å²) in [6, 6.07) is 12.7. The topological polar surface area (TPSA) is 47.4 Å². The number of nitrogens with zero attached hydrogens (tertiary/aromatic N) is 3. The lowest BCUT2D eigenvalue weighted by molar-refractivity contribution is -0.119. The van der Waals surface area contributed by atoms with Gasteiger partial charge in [0.05, 0.1) is 22.5 Å². The maximum absolute atomic E-state index is 13.3. The molecule has 1 amide bonds. The fourth-order valence-corrected chi connectivity index (χ4v) is 4.30. The van der Waals surface area contributed by atoms with Gasteiger partial charge < -0.3 is 14.2 Å². The average Bonchev–Trinajstić information content (AvgIpc) is 3.05. The van der Waals surface area contributed by atoms with Crippen LogP contribution in [0.4, 0.5) is 14.5 Å². The number of halogens is 2. The molecule has 152 valence electrons. The van der Waals surface area contributed by atoms with E-state index in [9.17, 15) is 13.6 Å². The Kier molecular flexibility index (Phi) is 5.71. The third kappa shape index (κ3) is 3.94. The average molecular weight is 417 g/mol. The second-order valence-corrected chi connectivity index (χ2v) is 7.69. The van der Waals surface area contributed by atoms with E-state index in [0.29, 0.717) is 18.0 Å². The van der Waals surface area contributed by atoms with Gasteiger partial charge in [0, 0.05) is 6.54 Å². The van der Waals surface area contributed by atoms with Gasteiger partial charge in [-0.2, -0.15) is 20.5 Å². The van der Waals surface area contributed by atoms with Crippen LogP contribution in [0.15, 0.2) is 42.5 Å². The zero-order valence-corrected chi connectivity index (χ0v) is 16.8. The minimum Gasteiger partial charge on any atom is -0.433 e. The van der Waals surface area contributed by atoms with Crippen LogP contribution in [-0.4, -0.2) is 34.9 Å². The number of imidazole rings is 1. The van der Waals surface area contributed by atoms with Gasteiger partial charge in [-0.15, -0.1) is 0 Å². The number of ether oxygens (including phenoxy) is 1. The Bertz CT molecular complexity index is 1040. The fraction of sp³-hybridized carbons (Fsp3) is 0.333. The predicted octanol–water partition coefficient (Wildman–Crippen LogP) is 4.48. The van der Waals surface area contributed by atoms with Crippen molar-refractivity contribution in [3.8, 4) is 5.75 Å². The lowest BCUT2D eigenvalue weighted by Gasteiger charge is -2.31. The first-order valence-electron chi connectivity index (χ1n) is 9.38. The molecular weight excluding hydrogens is 396 g/mol. The molecule has 0 atom stereocenters. The summed E-state index contributed by atoms with van der Waals surface area (Å²) >= 11 is 1.63. The minimum atomic E-state index is -2.94. The number of hydrogen-bond donors (Lipinski definition) is 0. The monoisotopic (exact) mass is 417 g/mol. The van der Waals surface area contributed by atoms with Crippen molar-refractivity contribution >= 4 is 34.4 Å². The molecule has 1 aliphatic rings. The Balaban J connectivity index is 1.69. The molecular formula is C21H21F2N3O2S. The van der Waals surface area contributed by atoms with E-state index in [2.05, 4.69) is 4.98 Å². The molecule has 2 heterocycles. The maximum Gasteiger partial charge on any atom is 0.387 e. The van der Waals surface area contributed by atoms with Crippen molar-refractivity contribution < 1.29 is 18.3 Å². The molecule has 4 rings (SSSR count). The highest BCUT2D eigenvalue weighted by Crippen LogP contribution is 2.37. The molecule has 0 spiro atoms. The highest BCUT2D eigenvalue weighted by Gasteiger charge is 2.28. The van der Waals surface area contributed by atoms with Gasteiger partial charge in [0.1, 0.15) is 18.1 Å². The molecule has 8 heteroatoms. The summed E-state index contributed by atoms with van der Waals surface area (Å²) in [5.41, 5.74) is 3.03. The summed E-state index contributed by atoms with van der Waals surface area (Å²) in [6.07, 6.45) is 3.49. The maximum atomic E-state index is 13.3. The van der Waals surface area contributed by atoms with Crippen molar-refractivity contribution in [2.45, 2.75) is 31.8 Å². The zero-order valence-electron chi connectivity index (χ0n) is 16.0. The number of benzene rings is 2. The molecule has 29 heavy (non-hydrogen) atoms. The largest absolute Gasteiger partial charge is 0.433 e. The summed E-state index contributed by atoms with van der Waals surface area (Å²) in [5, 5.41) is 0. The number of thioether (sulfide) groups is 1. The molecule has 2 aromatic carbocycles. The molecule has 0 aliphatic carbocycles. The van der Waals surface area contributed by atoms with Crippen LogP contribution in [0.1, 0.15) is 17.8 Å². The lowest BCUT2D eigenvalue weighted by atomic mass is 10.0. The van der Waals surface area contributed by atoms with Gasteiger partial charge in [-0.05, 0) is 42.9 Å². The number of aryl methyl sites for hydroxylation is 1. The number of para-hydroxylation sites is 3. The number of hydrogen-bond acceptors (Lipinski definition) is 4. The first-order valence-corrected chi connectivity index (χ1v) is 10.8. The molecule has 0 bridgehead atoms. The van der Waals surface area contributed by atoms with E-state index in [0.717, 1.165) is 35.3 Å². The number of carbonyl (C=O) groups excluding carboxylic acids is 1. The molecule has 0 unspecified atom stereocenters. The van der Waals surface area contributed by atoms with Crippen LogP contribution in [0.25, 0.3) is 11.0 Å². The van der Waals surface area contributed by atoms with Crippen LogP contribution in [-0.2, 0) is 23.5 Å². The van der Waals surface area contributed by atoms with Gasteiger partial charge in [-0.25, -0.2) is 4.98 Å². The van der Waals surface area contributed by atoms with E-state index in [4.69, 9.17) is 4.74 Å². The number of rotatable bonds is 6. The van der Waals surface area contributed by atoms with Gasteiger partial charge in [-0.1, -0.05) is 24.3 Å². The lowest BCUT2D eigenvalue weighted by Crippen LogP contribution is -2.38. The molecule has 0 saturated carbocycles. The van der Waals surface area contributed by atoms with E-state index in [1.54, 1.807) is 22.7 Å². The van der Waals surface area contributed by atoms with Crippen LogP contribution in [0.5, 0.6) is 5.75 Å². The third-order valence-electron chi connectivity index (χ3n) is 5.00. The van der Waals surface area contributed by atoms with Gasteiger partial charge in [0.15, 0.2) is 0 Å². The van der Waals surface area contributed by atoms with E-state index in [1.165, 1.54) is 6.07 Å². The molecule has 0 radical (unpaired) electrons. The SMILES string of the molecule is CSCc1nc2ccccc2n1CC(=O)N1CCCc2cccc(OC(F)F)c21. The van der Waals surface area contributed by atoms with Gasteiger partial charge in [-0.3, -0.25) is 4.79 Å². The molecule has 1 aromatic heterocycles. The third-order valence-corrected chi connectivity index (χ3v) is 5.54. The summed E-state index contributed by atoms with van der Waals surface area (Å²) in [7, 11) is 0. The Morgan fingerprint density at radius 2 is 2.07 bits per heavy atom. The van der Waals surface area contributed by atoms with E-state index in [-0.39, 0.29) is 18.2 Å². The smallest absolute Gasteiger partial charge is 0.387 e. The van der Waals surface area contributed by atoms with Crippen molar-refractivity contribution in [3.63, 3.8) is 0 Å². The Hall–Kier alpha value is -2.61. The van der Waals surface area contributed by atoms with Gasteiger partial charge in [0.25, 0.3) is 0 Å². The first kappa shape index (κ1) is 19.7. The summed E-state index contributed by atoms with van der Waals surface area (Å²) < 4.78 is 32.4. The van der Waals surface area contributed by atoms with Crippen LogP contribution < -0.4 is 9.64 Å². The second kappa shape index (κ2) is 8.41. The van der Waals surface area contributed by atoms with E-state index < -0.39 is 6.61 Å².